The van der Waals surface area contributed by atoms with Gasteiger partial charge in [-0.05, 0) is 35.9 Å². The van der Waals surface area contributed by atoms with Crippen molar-refractivity contribution in [2.75, 3.05) is 0 Å². The Bertz CT molecular complexity index is 1610. The first-order chi connectivity index (χ1) is 15.5. The third-order valence-corrected chi connectivity index (χ3v) is 5.38. The van der Waals surface area contributed by atoms with Gasteiger partial charge in [0.05, 0.1) is 22.9 Å². The molecule has 4 aromatic heterocycles. The average Bonchev–Trinajstić information content (AvgIpc) is 3.49. The van der Waals surface area contributed by atoms with Gasteiger partial charge in [-0.1, -0.05) is 6.07 Å². The van der Waals surface area contributed by atoms with E-state index in [-0.39, 0.29) is 5.75 Å². The lowest BCUT2D eigenvalue weighted by Gasteiger charge is -2.03. The van der Waals surface area contributed by atoms with Crippen molar-refractivity contribution in [3.8, 4) is 39.7 Å². The lowest BCUT2D eigenvalue weighted by atomic mass is 10.1. The van der Waals surface area contributed by atoms with Gasteiger partial charge in [0.25, 0.3) is 0 Å². The molecular weight excluding hydrogens is 409 g/mol. The van der Waals surface area contributed by atoms with Crippen molar-refractivity contribution < 1.29 is 9.50 Å². The van der Waals surface area contributed by atoms with Crippen molar-refractivity contribution in [2.45, 2.75) is 0 Å². The number of aromatic nitrogens is 7. The zero-order valence-corrected chi connectivity index (χ0v) is 16.8. The van der Waals surface area contributed by atoms with Crippen molar-refractivity contribution in [1.29, 1.82) is 0 Å². The molecule has 9 heteroatoms. The minimum absolute atomic E-state index is 0.171. The van der Waals surface area contributed by atoms with Gasteiger partial charge in [-0.15, -0.1) is 0 Å². The van der Waals surface area contributed by atoms with Crippen molar-refractivity contribution in [3.63, 3.8) is 0 Å². The molecule has 0 aliphatic carbocycles. The lowest BCUT2D eigenvalue weighted by Crippen LogP contribution is -1.87. The van der Waals surface area contributed by atoms with Gasteiger partial charge >= 0.3 is 0 Å². The summed E-state index contributed by atoms with van der Waals surface area (Å²) in [6, 6.07) is 11.7. The SMILES string of the molecule is Cn1cc(-c2ccc3[nH]nc(-c4nc5c(-c6cc(O)cc(F)c6)nccc5[nH]4)c3c2)cn1. The summed E-state index contributed by atoms with van der Waals surface area (Å²) in [6.45, 7) is 0. The van der Waals surface area contributed by atoms with E-state index >= 15 is 0 Å². The van der Waals surface area contributed by atoms with Gasteiger partial charge in [0.2, 0.25) is 0 Å². The van der Waals surface area contributed by atoms with Crippen molar-refractivity contribution in [3.05, 3.63) is 66.9 Å². The van der Waals surface area contributed by atoms with Crippen LogP contribution in [0.5, 0.6) is 5.75 Å². The molecule has 0 aliphatic rings. The molecule has 3 N–H and O–H groups in total. The molecule has 6 rings (SSSR count). The number of hydrogen-bond donors (Lipinski definition) is 3. The molecule has 0 saturated carbocycles. The van der Waals surface area contributed by atoms with E-state index in [2.05, 4.69) is 25.3 Å². The Morgan fingerprint density at radius 3 is 2.69 bits per heavy atom. The number of phenols is 1. The second-order valence-electron chi connectivity index (χ2n) is 7.57. The predicted molar refractivity (Wildman–Crippen MR) is 118 cm³/mol. The first-order valence-electron chi connectivity index (χ1n) is 9.87. The molecule has 0 amide bonds. The fraction of sp³-hybridized carbons (Fsp3) is 0.0435. The van der Waals surface area contributed by atoms with E-state index in [0.717, 1.165) is 33.6 Å². The summed E-state index contributed by atoms with van der Waals surface area (Å²) >= 11 is 0. The summed E-state index contributed by atoms with van der Waals surface area (Å²) in [6.07, 6.45) is 5.38. The Hall–Kier alpha value is -4.53. The number of imidazole rings is 1. The van der Waals surface area contributed by atoms with Gasteiger partial charge in [0.1, 0.15) is 22.8 Å². The topological polar surface area (TPSA) is 108 Å². The van der Waals surface area contributed by atoms with Crippen LogP contribution in [0.3, 0.4) is 0 Å². The molecule has 0 radical (unpaired) electrons. The summed E-state index contributed by atoms with van der Waals surface area (Å²) in [7, 11) is 1.88. The molecule has 0 fully saturated rings. The molecule has 0 aliphatic heterocycles. The fourth-order valence-corrected chi connectivity index (χ4v) is 3.91. The summed E-state index contributed by atoms with van der Waals surface area (Å²) in [5.41, 5.74) is 5.76. The number of aromatic hydroxyl groups is 1. The normalized spacial score (nSPS) is 11.6. The molecule has 0 spiro atoms. The standard InChI is InChI=1S/C23H16FN7O/c1-31-11-14(10-26-31)12-2-3-18-17(8-12)21(30-29-18)23-27-19-4-5-25-20(22(19)28-23)13-6-15(24)9-16(32)7-13/h2-11,32H,1H3,(H,27,28)(H,29,30). The van der Waals surface area contributed by atoms with E-state index in [0.29, 0.717) is 28.3 Å². The van der Waals surface area contributed by atoms with Crippen LogP contribution in [0.15, 0.2) is 61.1 Å². The first kappa shape index (κ1) is 18.3. The molecule has 0 saturated heterocycles. The van der Waals surface area contributed by atoms with Crippen LogP contribution in [-0.4, -0.2) is 40.0 Å². The number of nitrogens with one attached hydrogen (secondary N) is 2. The van der Waals surface area contributed by atoms with Crippen LogP contribution in [0.4, 0.5) is 4.39 Å². The molecule has 156 valence electrons. The highest BCUT2D eigenvalue weighted by atomic mass is 19.1. The number of nitrogens with zero attached hydrogens (tertiary/aromatic N) is 5. The maximum Gasteiger partial charge on any atom is 0.159 e. The van der Waals surface area contributed by atoms with Crippen molar-refractivity contribution in [1.82, 2.24) is 34.9 Å². The van der Waals surface area contributed by atoms with Crippen molar-refractivity contribution >= 4 is 21.9 Å². The summed E-state index contributed by atoms with van der Waals surface area (Å²) in [4.78, 5) is 12.4. The number of halogens is 1. The Morgan fingerprint density at radius 1 is 0.969 bits per heavy atom. The van der Waals surface area contributed by atoms with Gasteiger partial charge < -0.3 is 10.1 Å². The average molecular weight is 425 g/mol. The highest BCUT2D eigenvalue weighted by molar-refractivity contribution is 5.97. The van der Waals surface area contributed by atoms with Crippen LogP contribution < -0.4 is 0 Å². The number of rotatable bonds is 3. The molecule has 32 heavy (non-hydrogen) atoms. The Morgan fingerprint density at radius 2 is 1.88 bits per heavy atom. The van der Waals surface area contributed by atoms with Crippen LogP contribution in [-0.2, 0) is 7.05 Å². The number of aryl methyl sites for hydroxylation is 1. The molecule has 0 atom stereocenters. The third kappa shape index (κ3) is 2.90. The smallest absolute Gasteiger partial charge is 0.159 e. The Labute approximate surface area is 180 Å². The van der Waals surface area contributed by atoms with E-state index in [9.17, 15) is 9.50 Å². The van der Waals surface area contributed by atoms with Crippen molar-refractivity contribution in [2.24, 2.45) is 7.05 Å². The van der Waals surface area contributed by atoms with Gasteiger partial charge in [0.15, 0.2) is 5.82 Å². The van der Waals surface area contributed by atoms with Crippen LogP contribution in [0.1, 0.15) is 0 Å². The number of hydrogen-bond acceptors (Lipinski definition) is 5. The summed E-state index contributed by atoms with van der Waals surface area (Å²) < 4.78 is 15.6. The molecule has 0 bridgehead atoms. The van der Waals surface area contributed by atoms with E-state index in [1.54, 1.807) is 16.9 Å². The largest absolute Gasteiger partial charge is 0.508 e. The van der Waals surface area contributed by atoms with E-state index in [4.69, 9.17) is 4.98 Å². The zero-order chi connectivity index (χ0) is 21.8. The van der Waals surface area contributed by atoms with E-state index in [1.807, 2.05) is 37.6 Å². The molecular formula is C23H16FN7O. The number of H-pyrrole nitrogens is 2. The minimum Gasteiger partial charge on any atom is -0.508 e. The number of fused-ring (bicyclic) bond motifs is 2. The molecule has 4 heterocycles. The maximum absolute atomic E-state index is 13.9. The Balaban J connectivity index is 1.51. The highest BCUT2D eigenvalue weighted by Gasteiger charge is 2.17. The second-order valence-corrected chi connectivity index (χ2v) is 7.57. The quantitative estimate of drug-likeness (QED) is 0.389. The Kier molecular flexibility index (Phi) is 3.85. The van der Waals surface area contributed by atoms with Gasteiger partial charge in [-0.2, -0.15) is 10.2 Å². The summed E-state index contributed by atoms with van der Waals surface area (Å²) in [5, 5.41) is 22.5. The maximum atomic E-state index is 13.9. The molecule has 2 aromatic carbocycles. The summed E-state index contributed by atoms with van der Waals surface area (Å²) in [5.74, 6) is -0.156. The highest BCUT2D eigenvalue weighted by Crippen LogP contribution is 2.33. The van der Waals surface area contributed by atoms with Crippen LogP contribution in [0, 0.1) is 5.82 Å². The predicted octanol–water partition coefficient (Wildman–Crippen LogP) is 4.41. The third-order valence-electron chi connectivity index (χ3n) is 5.38. The number of phenolic OH excluding ortho intramolecular Hbond substituents is 1. The van der Waals surface area contributed by atoms with Gasteiger partial charge in [-0.25, -0.2) is 9.37 Å². The molecule has 0 unspecified atom stereocenters. The van der Waals surface area contributed by atoms with Gasteiger partial charge in [0, 0.05) is 42.0 Å². The number of benzene rings is 2. The van der Waals surface area contributed by atoms with Crippen LogP contribution >= 0.6 is 0 Å². The minimum atomic E-state index is -0.546. The van der Waals surface area contributed by atoms with E-state index < -0.39 is 5.82 Å². The van der Waals surface area contributed by atoms with E-state index in [1.165, 1.54) is 12.1 Å². The first-order valence-corrected chi connectivity index (χ1v) is 9.87. The van der Waals surface area contributed by atoms with Crippen LogP contribution in [0.25, 0.3) is 55.8 Å². The zero-order valence-electron chi connectivity index (χ0n) is 16.8. The molecule has 6 aromatic rings. The number of aromatic amines is 2. The lowest BCUT2D eigenvalue weighted by molar-refractivity contribution is 0.469. The van der Waals surface area contributed by atoms with Crippen LogP contribution in [0.2, 0.25) is 0 Å². The fourth-order valence-electron chi connectivity index (χ4n) is 3.91. The molecule has 8 nitrogen and oxygen atoms in total. The number of pyridine rings is 1. The monoisotopic (exact) mass is 425 g/mol. The van der Waals surface area contributed by atoms with Gasteiger partial charge in [-0.3, -0.25) is 14.8 Å². The second kappa shape index (κ2) is 6.74.